The molecule has 2 N–H and O–H groups in total. The van der Waals surface area contributed by atoms with Crippen LogP contribution in [0.15, 0.2) is 18.2 Å². The van der Waals surface area contributed by atoms with Gasteiger partial charge in [-0.05, 0) is 31.4 Å². The van der Waals surface area contributed by atoms with E-state index >= 15 is 0 Å². The average Bonchev–Trinajstić information content (AvgIpc) is 2.41. The van der Waals surface area contributed by atoms with Gasteiger partial charge in [-0.25, -0.2) is 4.79 Å². The minimum absolute atomic E-state index is 0.229. The Balaban J connectivity index is 2.14. The molecular weight excluding hydrogens is 288 g/mol. The predicted molar refractivity (Wildman–Crippen MR) is 86.4 cm³/mol. The third-order valence-electron chi connectivity index (χ3n) is 2.94. The van der Waals surface area contributed by atoms with Crippen molar-refractivity contribution < 1.29 is 13.7 Å². The van der Waals surface area contributed by atoms with Crippen LogP contribution in [0.1, 0.15) is 17.5 Å². The Kier molecular flexibility index (Phi) is 7.82. The molecule has 1 aromatic carbocycles. The van der Waals surface area contributed by atoms with Crippen molar-refractivity contribution in [2.45, 2.75) is 20.3 Å². The first-order chi connectivity index (χ1) is 10.0. The van der Waals surface area contributed by atoms with E-state index in [1.54, 1.807) is 6.26 Å². The number of rotatable bonds is 8. The molecule has 5 nitrogen and oxygen atoms in total. The highest BCUT2D eigenvalue weighted by atomic mass is 32.2. The Hall–Kier alpha value is -1.56. The number of hydrogen-bond donors (Lipinski definition) is 2. The van der Waals surface area contributed by atoms with Gasteiger partial charge in [-0.3, -0.25) is 4.21 Å². The van der Waals surface area contributed by atoms with E-state index in [0.717, 1.165) is 23.3 Å². The summed E-state index contributed by atoms with van der Waals surface area (Å²) in [5, 5.41) is 5.40. The van der Waals surface area contributed by atoms with Crippen LogP contribution in [-0.2, 0) is 10.8 Å². The fraction of sp³-hybridized carbons (Fsp3) is 0.533. The lowest BCUT2D eigenvalue weighted by molar-refractivity contribution is 0.239. The Morgan fingerprint density at radius 2 is 1.81 bits per heavy atom. The van der Waals surface area contributed by atoms with Crippen LogP contribution < -0.4 is 15.4 Å². The van der Waals surface area contributed by atoms with Crippen molar-refractivity contribution in [3.63, 3.8) is 0 Å². The van der Waals surface area contributed by atoms with Crippen LogP contribution in [0.4, 0.5) is 4.79 Å². The molecule has 0 aliphatic rings. The molecule has 6 heteroatoms. The number of urea groups is 1. The Bertz CT molecular complexity index is 472. The number of aryl methyl sites for hydroxylation is 2. The van der Waals surface area contributed by atoms with Gasteiger partial charge in [-0.15, -0.1) is 0 Å². The Labute approximate surface area is 128 Å². The van der Waals surface area contributed by atoms with Gasteiger partial charge in [0.15, 0.2) is 0 Å². The van der Waals surface area contributed by atoms with Gasteiger partial charge in [0.2, 0.25) is 0 Å². The second-order valence-corrected chi connectivity index (χ2v) is 6.44. The van der Waals surface area contributed by atoms with Gasteiger partial charge in [0.05, 0.1) is 6.61 Å². The Morgan fingerprint density at radius 1 is 1.19 bits per heavy atom. The van der Waals surface area contributed by atoms with Crippen molar-refractivity contribution in [1.82, 2.24) is 10.6 Å². The van der Waals surface area contributed by atoms with E-state index in [4.69, 9.17) is 4.74 Å². The summed E-state index contributed by atoms with van der Waals surface area (Å²) in [5.41, 5.74) is 2.24. The first-order valence-corrected chi connectivity index (χ1v) is 8.74. The molecular formula is C15H24N2O3S. The van der Waals surface area contributed by atoms with E-state index in [0.29, 0.717) is 25.4 Å². The number of para-hydroxylation sites is 1. The standard InChI is InChI=1S/C15H24N2O3S/c1-12-6-4-7-13(2)14(12)20-10-5-8-16-15(18)17-9-11-21(3)19/h4,6-7H,5,8-11H2,1-3H3,(H2,16,17,18)/t21-/m0/s1. The zero-order valence-electron chi connectivity index (χ0n) is 12.9. The normalized spacial score (nSPS) is 11.8. The van der Waals surface area contributed by atoms with Crippen molar-refractivity contribution in [3.05, 3.63) is 29.3 Å². The smallest absolute Gasteiger partial charge is 0.314 e. The molecule has 0 fully saturated rings. The van der Waals surface area contributed by atoms with E-state index in [1.165, 1.54) is 0 Å². The minimum atomic E-state index is -0.879. The lowest BCUT2D eigenvalue weighted by Crippen LogP contribution is -2.38. The maximum Gasteiger partial charge on any atom is 0.314 e. The lowest BCUT2D eigenvalue weighted by Gasteiger charge is -2.12. The summed E-state index contributed by atoms with van der Waals surface area (Å²) in [4.78, 5) is 11.4. The molecule has 0 spiro atoms. The first kappa shape index (κ1) is 17.5. The molecule has 0 heterocycles. The van der Waals surface area contributed by atoms with Crippen LogP contribution in [0.2, 0.25) is 0 Å². The minimum Gasteiger partial charge on any atom is -0.493 e. The predicted octanol–water partition coefficient (Wildman–Crippen LogP) is 1.75. The van der Waals surface area contributed by atoms with Crippen molar-refractivity contribution in [2.75, 3.05) is 31.7 Å². The van der Waals surface area contributed by atoms with Gasteiger partial charge in [-0.1, -0.05) is 18.2 Å². The molecule has 21 heavy (non-hydrogen) atoms. The summed E-state index contributed by atoms with van der Waals surface area (Å²) < 4.78 is 16.6. The van der Waals surface area contributed by atoms with E-state index in [1.807, 2.05) is 32.0 Å². The zero-order valence-corrected chi connectivity index (χ0v) is 13.7. The van der Waals surface area contributed by atoms with Crippen LogP contribution in [-0.4, -0.2) is 41.9 Å². The highest BCUT2D eigenvalue weighted by Crippen LogP contribution is 2.22. The van der Waals surface area contributed by atoms with Crippen LogP contribution in [0.25, 0.3) is 0 Å². The Morgan fingerprint density at radius 3 is 2.43 bits per heavy atom. The summed E-state index contributed by atoms with van der Waals surface area (Å²) in [5.74, 6) is 1.40. The SMILES string of the molecule is Cc1cccc(C)c1OCCCNC(=O)NCC[S@](C)=O. The van der Waals surface area contributed by atoms with Gasteiger partial charge in [0.1, 0.15) is 5.75 Å². The van der Waals surface area contributed by atoms with Crippen molar-refractivity contribution >= 4 is 16.8 Å². The van der Waals surface area contributed by atoms with Crippen molar-refractivity contribution in [1.29, 1.82) is 0 Å². The number of hydrogen-bond acceptors (Lipinski definition) is 3. The van der Waals surface area contributed by atoms with Crippen molar-refractivity contribution in [2.24, 2.45) is 0 Å². The van der Waals surface area contributed by atoms with E-state index in [2.05, 4.69) is 10.6 Å². The molecule has 1 rings (SSSR count). The molecule has 2 amide bonds. The molecule has 0 saturated carbocycles. The number of carbonyl (C=O) groups excluding carboxylic acids is 1. The fourth-order valence-electron chi connectivity index (χ4n) is 1.85. The topological polar surface area (TPSA) is 67.4 Å². The highest BCUT2D eigenvalue weighted by Gasteiger charge is 2.03. The molecule has 0 aliphatic carbocycles. The number of nitrogens with one attached hydrogen (secondary N) is 2. The maximum absolute atomic E-state index is 11.4. The second kappa shape index (κ2) is 9.39. The summed E-state index contributed by atoms with van der Waals surface area (Å²) in [6.45, 7) is 5.57. The van der Waals surface area contributed by atoms with E-state index in [9.17, 15) is 9.00 Å². The summed E-state index contributed by atoms with van der Waals surface area (Å²) in [6.07, 6.45) is 2.35. The number of carbonyl (C=O) groups is 1. The van der Waals surface area contributed by atoms with Crippen LogP contribution in [0, 0.1) is 13.8 Å². The molecule has 0 aromatic heterocycles. The van der Waals surface area contributed by atoms with Gasteiger partial charge < -0.3 is 15.4 Å². The number of ether oxygens (including phenoxy) is 1. The first-order valence-electron chi connectivity index (χ1n) is 7.01. The third-order valence-corrected chi connectivity index (χ3v) is 3.72. The van der Waals surface area contributed by atoms with Gasteiger partial charge in [-0.2, -0.15) is 0 Å². The molecule has 0 aliphatic heterocycles. The molecule has 118 valence electrons. The largest absolute Gasteiger partial charge is 0.493 e. The maximum atomic E-state index is 11.4. The highest BCUT2D eigenvalue weighted by molar-refractivity contribution is 7.84. The monoisotopic (exact) mass is 312 g/mol. The quantitative estimate of drug-likeness (QED) is 0.719. The molecule has 1 atom stereocenters. The zero-order chi connectivity index (χ0) is 15.7. The molecule has 1 aromatic rings. The number of benzene rings is 1. The van der Waals surface area contributed by atoms with Gasteiger partial charge in [0.25, 0.3) is 0 Å². The lowest BCUT2D eigenvalue weighted by atomic mass is 10.1. The average molecular weight is 312 g/mol. The summed E-state index contributed by atoms with van der Waals surface area (Å²) >= 11 is 0. The third kappa shape index (κ3) is 7.13. The molecule has 0 radical (unpaired) electrons. The van der Waals surface area contributed by atoms with Crippen LogP contribution in [0.3, 0.4) is 0 Å². The van der Waals surface area contributed by atoms with E-state index in [-0.39, 0.29) is 6.03 Å². The van der Waals surface area contributed by atoms with Gasteiger partial charge in [0, 0.05) is 35.9 Å². The van der Waals surface area contributed by atoms with Crippen LogP contribution >= 0.6 is 0 Å². The van der Waals surface area contributed by atoms with E-state index < -0.39 is 10.8 Å². The molecule has 0 saturated heterocycles. The summed E-state index contributed by atoms with van der Waals surface area (Å²) in [7, 11) is -0.879. The molecule has 0 unspecified atom stereocenters. The second-order valence-electron chi connectivity index (χ2n) is 4.88. The van der Waals surface area contributed by atoms with Crippen LogP contribution in [0.5, 0.6) is 5.75 Å². The summed E-state index contributed by atoms with van der Waals surface area (Å²) in [6, 6.07) is 5.82. The van der Waals surface area contributed by atoms with Crippen molar-refractivity contribution in [3.8, 4) is 5.75 Å². The number of amides is 2. The fourth-order valence-corrected chi connectivity index (χ4v) is 2.24. The molecule has 0 bridgehead atoms. The van der Waals surface area contributed by atoms with Gasteiger partial charge >= 0.3 is 6.03 Å².